The van der Waals surface area contributed by atoms with E-state index in [-0.39, 0.29) is 12.2 Å². The number of rotatable bonds is 6. The van der Waals surface area contributed by atoms with E-state index in [0.717, 1.165) is 5.56 Å². The third-order valence-electron chi connectivity index (χ3n) is 4.15. The lowest BCUT2D eigenvalue weighted by Gasteiger charge is -2.12. The molecule has 156 valence electrons. The molecule has 0 aromatic heterocycles. The fraction of sp³-hybridized carbons (Fsp3) is 0.0435. The van der Waals surface area contributed by atoms with Gasteiger partial charge in [-0.25, -0.2) is 0 Å². The molecule has 0 spiro atoms. The number of benzene rings is 3. The topological polar surface area (TPSA) is 62.1 Å². The van der Waals surface area contributed by atoms with E-state index in [0.29, 0.717) is 36.0 Å². The molecular formula is C23H14Br2Cl2N2O2. The monoisotopic (exact) mass is 578 g/mol. The van der Waals surface area contributed by atoms with E-state index >= 15 is 0 Å². The Hall–Kier alpha value is -2.30. The first-order valence-electron chi connectivity index (χ1n) is 8.92. The number of nitrogens with one attached hydrogen (secondary N) is 1. The zero-order valence-corrected chi connectivity index (χ0v) is 20.5. The summed E-state index contributed by atoms with van der Waals surface area (Å²) >= 11 is 19.2. The van der Waals surface area contributed by atoms with E-state index in [1.807, 2.05) is 24.3 Å². The summed E-state index contributed by atoms with van der Waals surface area (Å²) in [6.07, 6.45) is 1.49. The van der Waals surface area contributed by atoms with Gasteiger partial charge in [0.1, 0.15) is 24.0 Å². The zero-order chi connectivity index (χ0) is 22.4. The second-order valence-electron chi connectivity index (χ2n) is 6.30. The average Bonchev–Trinajstić information content (AvgIpc) is 2.74. The number of halogens is 4. The molecule has 1 N–H and O–H groups in total. The Morgan fingerprint density at radius 2 is 1.65 bits per heavy atom. The van der Waals surface area contributed by atoms with Gasteiger partial charge in [0.2, 0.25) is 0 Å². The van der Waals surface area contributed by atoms with Gasteiger partial charge in [0.15, 0.2) is 0 Å². The first-order chi connectivity index (χ1) is 14.9. The van der Waals surface area contributed by atoms with E-state index < -0.39 is 5.91 Å². The molecule has 0 saturated heterocycles. The second-order valence-corrected chi connectivity index (χ2v) is 8.82. The number of carbonyl (C=O) groups is 1. The molecule has 0 bridgehead atoms. The minimum Gasteiger partial charge on any atom is -0.486 e. The third-order valence-corrected chi connectivity index (χ3v) is 6.02. The smallest absolute Gasteiger partial charge is 0.266 e. The van der Waals surface area contributed by atoms with E-state index in [9.17, 15) is 10.1 Å². The Balaban J connectivity index is 1.80. The van der Waals surface area contributed by atoms with E-state index in [2.05, 4.69) is 37.2 Å². The second kappa shape index (κ2) is 10.8. The van der Waals surface area contributed by atoms with Crippen molar-refractivity contribution in [3.63, 3.8) is 0 Å². The van der Waals surface area contributed by atoms with Crippen molar-refractivity contribution in [2.75, 3.05) is 5.32 Å². The van der Waals surface area contributed by atoms with E-state index in [1.165, 1.54) is 6.08 Å². The fourth-order valence-electron chi connectivity index (χ4n) is 2.63. The molecule has 3 rings (SSSR count). The predicted molar refractivity (Wildman–Crippen MR) is 131 cm³/mol. The quantitative estimate of drug-likeness (QED) is 0.241. The van der Waals surface area contributed by atoms with Crippen LogP contribution in [-0.4, -0.2) is 5.91 Å². The van der Waals surface area contributed by atoms with Crippen LogP contribution >= 0.6 is 55.1 Å². The van der Waals surface area contributed by atoms with Gasteiger partial charge in [-0.3, -0.25) is 4.79 Å². The first kappa shape index (κ1) is 23.4. The highest BCUT2D eigenvalue weighted by molar-refractivity contribution is 9.11. The number of hydrogen-bond acceptors (Lipinski definition) is 3. The van der Waals surface area contributed by atoms with Gasteiger partial charge >= 0.3 is 0 Å². The van der Waals surface area contributed by atoms with Crippen molar-refractivity contribution in [2.24, 2.45) is 0 Å². The third kappa shape index (κ3) is 6.11. The van der Waals surface area contributed by atoms with Crippen molar-refractivity contribution in [3.05, 3.63) is 96.4 Å². The number of hydrogen-bond donors (Lipinski definition) is 1. The maximum Gasteiger partial charge on any atom is 0.266 e. The van der Waals surface area contributed by atoms with Gasteiger partial charge < -0.3 is 10.1 Å². The van der Waals surface area contributed by atoms with Crippen LogP contribution in [-0.2, 0) is 11.4 Å². The number of nitrogens with zero attached hydrogens (tertiary/aromatic N) is 1. The number of anilines is 1. The molecule has 0 aliphatic heterocycles. The molecular weight excluding hydrogens is 567 g/mol. The van der Waals surface area contributed by atoms with Gasteiger partial charge in [0.05, 0.1) is 19.7 Å². The molecule has 0 saturated carbocycles. The lowest BCUT2D eigenvalue weighted by atomic mass is 10.1. The van der Waals surface area contributed by atoms with E-state index in [4.69, 9.17) is 27.9 Å². The Morgan fingerprint density at radius 1 is 1.03 bits per heavy atom. The molecule has 0 aliphatic carbocycles. The standard InChI is InChI=1S/C23H14Br2Cl2N2O2/c24-17-10-14(9-16(12-28)23(30)29-21-8-4-3-7-20(21)27)11-18(25)22(17)31-13-15-5-1-2-6-19(15)26/h1-11H,13H2,(H,29,30)/b16-9+. The maximum absolute atomic E-state index is 12.5. The highest BCUT2D eigenvalue weighted by Crippen LogP contribution is 2.36. The SMILES string of the molecule is N#C/C(=C\c1cc(Br)c(OCc2ccccc2Cl)c(Br)c1)C(=O)Nc1ccccc1Cl. The van der Waals surface area contributed by atoms with Crippen molar-refractivity contribution in [3.8, 4) is 11.8 Å². The lowest BCUT2D eigenvalue weighted by molar-refractivity contribution is -0.112. The Bertz CT molecular complexity index is 1180. The summed E-state index contributed by atoms with van der Waals surface area (Å²) < 4.78 is 7.22. The van der Waals surface area contributed by atoms with Crippen LogP contribution in [0, 0.1) is 11.3 Å². The molecule has 0 fully saturated rings. The van der Waals surface area contributed by atoms with Crippen molar-refractivity contribution >= 4 is 72.7 Å². The number of amides is 1. The molecule has 3 aromatic rings. The highest BCUT2D eigenvalue weighted by atomic mass is 79.9. The van der Waals surface area contributed by atoms with Crippen molar-refractivity contribution in [1.29, 1.82) is 5.26 Å². The fourth-order valence-corrected chi connectivity index (χ4v) is 4.46. The van der Waals surface area contributed by atoms with Gasteiger partial charge in [-0.15, -0.1) is 0 Å². The van der Waals surface area contributed by atoms with Crippen LogP contribution in [0.25, 0.3) is 6.08 Å². The Morgan fingerprint density at radius 3 is 2.26 bits per heavy atom. The molecule has 0 atom stereocenters. The summed E-state index contributed by atoms with van der Waals surface area (Å²) in [5.74, 6) is 0.0259. The summed E-state index contributed by atoms with van der Waals surface area (Å²) in [7, 11) is 0. The van der Waals surface area contributed by atoms with Crippen LogP contribution in [0.5, 0.6) is 5.75 Å². The van der Waals surface area contributed by atoms with Gasteiger partial charge in [-0.1, -0.05) is 53.5 Å². The van der Waals surface area contributed by atoms with Crippen molar-refractivity contribution in [1.82, 2.24) is 0 Å². The zero-order valence-electron chi connectivity index (χ0n) is 15.8. The minimum absolute atomic E-state index is 0.0662. The van der Waals surface area contributed by atoms with Crippen LogP contribution in [0.15, 0.2) is 75.2 Å². The number of para-hydroxylation sites is 1. The molecule has 3 aromatic carbocycles. The van der Waals surface area contributed by atoms with Crippen LogP contribution in [0.1, 0.15) is 11.1 Å². The minimum atomic E-state index is -0.554. The molecule has 8 heteroatoms. The number of ether oxygens (including phenoxy) is 1. The first-order valence-corrected chi connectivity index (χ1v) is 11.3. The Kier molecular flexibility index (Phi) is 8.16. The van der Waals surface area contributed by atoms with Crippen LogP contribution in [0.2, 0.25) is 10.0 Å². The largest absolute Gasteiger partial charge is 0.486 e. The molecule has 31 heavy (non-hydrogen) atoms. The van der Waals surface area contributed by atoms with Crippen LogP contribution in [0.4, 0.5) is 5.69 Å². The molecule has 0 aliphatic rings. The Labute approximate surface area is 206 Å². The van der Waals surface area contributed by atoms with Crippen LogP contribution in [0.3, 0.4) is 0 Å². The lowest BCUT2D eigenvalue weighted by Crippen LogP contribution is -2.13. The molecule has 0 heterocycles. The summed E-state index contributed by atoms with van der Waals surface area (Å²) in [5, 5.41) is 13.1. The normalized spacial score (nSPS) is 11.0. The highest BCUT2D eigenvalue weighted by Gasteiger charge is 2.14. The number of carbonyl (C=O) groups excluding carboxylic acids is 1. The number of nitriles is 1. The molecule has 0 unspecified atom stereocenters. The van der Waals surface area contributed by atoms with Gasteiger partial charge in [0.25, 0.3) is 5.91 Å². The summed E-state index contributed by atoms with van der Waals surface area (Å²) in [5.41, 5.74) is 1.86. The predicted octanol–water partition coefficient (Wildman–Crippen LogP) is 7.64. The summed E-state index contributed by atoms with van der Waals surface area (Å²) in [6, 6.07) is 19.7. The average molecular weight is 581 g/mol. The summed E-state index contributed by atoms with van der Waals surface area (Å²) in [6.45, 7) is 0.287. The van der Waals surface area contributed by atoms with Gasteiger partial charge in [-0.2, -0.15) is 5.26 Å². The van der Waals surface area contributed by atoms with Crippen LogP contribution < -0.4 is 10.1 Å². The van der Waals surface area contributed by atoms with Gasteiger partial charge in [-0.05, 0) is 73.8 Å². The summed E-state index contributed by atoms with van der Waals surface area (Å²) in [4.78, 5) is 12.5. The molecule has 4 nitrogen and oxygen atoms in total. The maximum atomic E-state index is 12.5. The van der Waals surface area contributed by atoms with Crippen molar-refractivity contribution < 1.29 is 9.53 Å². The van der Waals surface area contributed by atoms with E-state index in [1.54, 1.807) is 42.5 Å². The van der Waals surface area contributed by atoms with Gasteiger partial charge in [0, 0.05) is 10.6 Å². The van der Waals surface area contributed by atoms with Crippen molar-refractivity contribution in [2.45, 2.75) is 6.61 Å². The molecule has 1 amide bonds. The molecule has 0 radical (unpaired) electrons.